The van der Waals surface area contributed by atoms with Crippen LogP contribution in [0.1, 0.15) is 26.7 Å². The van der Waals surface area contributed by atoms with Crippen LogP contribution in [0.4, 0.5) is 0 Å². The minimum absolute atomic E-state index is 0.195. The van der Waals surface area contributed by atoms with E-state index in [4.69, 9.17) is 5.11 Å². The summed E-state index contributed by atoms with van der Waals surface area (Å²) in [5, 5.41) is 8.88. The maximum Gasteiger partial charge on any atom is 0.309 e. The summed E-state index contributed by atoms with van der Waals surface area (Å²) in [5.74, 6) is -0.695. The first-order valence-electron chi connectivity index (χ1n) is 4.97. The summed E-state index contributed by atoms with van der Waals surface area (Å²) in [6.45, 7) is 4.05. The second-order valence-corrected chi connectivity index (χ2v) is 6.60. The van der Waals surface area contributed by atoms with E-state index in [9.17, 15) is 13.2 Å². The Labute approximate surface area is 90.1 Å². The zero-order valence-electron chi connectivity index (χ0n) is 9.06. The standard InChI is InChI=1S/C9H17NO4S/c1-9(2,8(11)12)4-6-10-5-3-7-15(10,13)14/h3-7H2,1-2H3,(H,11,12). The Bertz CT molecular complexity index is 347. The number of rotatable bonds is 4. The molecule has 0 unspecified atom stereocenters. The van der Waals surface area contributed by atoms with Gasteiger partial charge in [-0.1, -0.05) is 0 Å². The summed E-state index contributed by atoms with van der Waals surface area (Å²) >= 11 is 0. The molecule has 1 heterocycles. The van der Waals surface area contributed by atoms with Crippen LogP contribution in [0.3, 0.4) is 0 Å². The van der Waals surface area contributed by atoms with Crippen molar-refractivity contribution in [1.29, 1.82) is 0 Å². The molecule has 5 nitrogen and oxygen atoms in total. The number of carbonyl (C=O) groups is 1. The molecule has 6 heteroatoms. The Hall–Kier alpha value is -0.620. The molecule has 0 aliphatic carbocycles. The SMILES string of the molecule is CC(C)(CCN1CCCS1(=O)=O)C(=O)O. The van der Waals surface area contributed by atoms with Crippen molar-refractivity contribution >= 4 is 16.0 Å². The molecule has 1 rings (SSSR count). The van der Waals surface area contributed by atoms with Crippen molar-refractivity contribution in [2.24, 2.45) is 5.41 Å². The first-order valence-corrected chi connectivity index (χ1v) is 6.58. The Kier molecular flexibility index (Phi) is 3.40. The second-order valence-electron chi connectivity index (χ2n) is 4.51. The first-order chi connectivity index (χ1) is 6.76. The van der Waals surface area contributed by atoms with E-state index >= 15 is 0 Å². The van der Waals surface area contributed by atoms with Gasteiger partial charge in [0.15, 0.2) is 0 Å². The predicted molar refractivity (Wildman–Crippen MR) is 56.0 cm³/mol. The molecule has 88 valence electrons. The number of aliphatic carboxylic acids is 1. The highest BCUT2D eigenvalue weighted by Crippen LogP contribution is 2.23. The minimum atomic E-state index is -3.09. The van der Waals surface area contributed by atoms with Gasteiger partial charge in [-0.25, -0.2) is 12.7 Å². The van der Waals surface area contributed by atoms with Gasteiger partial charge in [-0.15, -0.1) is 0 Å². The number of carboxylic acid groups (broad SMARTS) is 1. The van der Waals surface area contributed by atoms with Crippen LogP contribution in [0.2, 0.25) is 0 Å². The van der Waals surface area contributed by atoms with E-state index in [1.165, 1.54) is 4.31 Å². The molecule has 15 heavy (non-hydrogen) atoms. The number of hydrogen-bond donors (Lipinski definition) is 1. The summed E-state index contributed by atoms with van der Waals surface area (Å²) in [4.78, 5) is 10.8. The number of carboxylic acids is 1. The van der Waals surface area contributed by atoms with Crippen LogP contribution in [-0.4, -0.2) is 42.6 Å². The average Bonchev–Trinajstić information content (AvgIpc) is 2.41. The third-order valence-corrected chi connectivity index (χ3v) is 4.72. The fourth-order valence-corrected chi connectivity index (χ4v) is 2.98. The Morgan fingerprint density at radius 2 is 2.07 bits per heavy atom. The van der Waals surface area contributed by atoms with Gasteiger partial charge in [0.05, 0.1) is 11.2 Å². The highest BCUT2D eigenvalue weighted by atomic mass is 32.2. The quantitative estimate of drug-likeness (QED) is 0.771. The van der Waals surface area contributed by atoms with Crippen molar-refractivity contribution in [3.8, 4) is 0 Å². The van der Waals surface area contributed by atoms with Gasteiger partial charge < -0.3 is 5.11 Å². The third kappa shape index (κ3) is 2.92. The summed E-state index contributed by atoms with van der Waals surface area (Å²) in [6.07, 6.45) is 0.997. The molecule has 0 spiro atoms. The average molecular weight is 235 g/mol. The van der Waals surface area contributed by atoms with E-state index in [1.807, 2.05) is 0 Å². The summed E-state index contributed by atoms with van der Waals surface area (Å²) in [6, 6.07) is 0. The fraction of sp³-hybridized carbons (Fsp3) is 0.889. The molecule has 0 bridgehead atoms. The Balaban J connectivity index is 2.55. The van der Waals surface area contributed by atoms with Crippen molar-refractivity contribution in [2.45, 2.75) is 26.7 Å². The van der Waals surface area contributed by atoms with Gasteiger partial charge in [0.25, 0.3) is 0 Å². The molecule has 0 aromatic rings. The molecule has 0 aromatic heterocycles. The molecule has 1 N–H and O–H groups in total. The van der Waals surface area contributed by atoms with Gasteiger partial charge in [0.2, 0.25) is 10.0 Å². The van der Waals surface area contributed by atoms with Crippen molar-refractivity contribution < 1.29 is 18.3 Å². The molecule has 1 fully saturated rings. The largest absolute Gasteiger partial charge is 0.481 e. The molecule has 1 aliphatic rings. The van der Waals surface area contributed by atoms with Gasteiger partial charge in [-0.3, -0.25) is 4.79 Å². The van der Waals surface area contributed by atoms with Crippen LogP contribution in [0.5, 0.6) is 0 Å². The zero-order chi connectivity index (χ0) is 11.7. The van der Waals surface area contributed by atoms with E-state index < -0.39 is 21.4 Å². The molecule has 0 radical (unpaired) electrons. The van der Waals surface area contributed by atoms with Crippen LogP contribution in [-0.2, 0) is 14.8 Å². The van der Waals surface area contributed by atoms with Crippen molar-refractivity contribution in [3.05, 3.63) is 0 Å². The normalized spacial score (nSPS) is 21.7. The smallest absolute Gasteiger partial charge is 0.309 e. The molecule has 1 saturated heterocycles. The lowest BCUT2D eigenvalue weighted by atomic mass is 9.90. The third-order valence-electron chi connectivity index (χ3n) is 2.77. The number of hydrogen-bond acceptors (Lipinski definition) is 3. The fourth-order valence-electron chi connectivity index (χ4n) is 1.45. The minimum Gasteiger partial charge on any atom is -0.481 e. The predicted octanol–water partition coefficient (Wildman–Crippen LogP) is 0.523. The first kappa shape index (κ1) is 12.4. The number of sulfonamides is 1. The summed E-state index contributed by atoms with van der Waals surface area (Å²) in [5.41, 5.74) is -0.863. The molecular weight excluding hydrogens is 218 g/mol. The van der Waals surface area contributed by atoms with Crippen LogP contribution in [0, 0.1) is 5.41 Å². The van der Waals surface area contributed by atoms with Crippen molar-refractivity contribution in [3.63, 3.8) is 0 Å². The Morgan fingerprint density at radius 1 is 1.47 bits per heavy atom. The molecule has 0 saturated carbocycles. The van der Waals surface area contributed by atoms with Gasteiger partial charge in [-0.05, 0) is 26.7 Å². The monoisotopic (exact) mass is 235 g/mol. The van der Waals surface area contributed by atoms with Gasteiger partial charge >= 0.3 is 5.97 Å². The topological polar surface area (TPSA) is 74.7 Å². The molecule has 0 amide bonds. The van der Waals surface area contributed by atoms with E-state index in [2.05, 4.69) is 0 Å². The van der Waals surface area contributed by atoms with E-state index in [0.29, 0.717) is 25.9 Å². The maximum absolute atomic E-state index is 11.4. The lowest BCUT2D eigenvalue weighted by molar-refractivity contribution is -0.147. The highest BCUT2D eigenvalue weighted by molar-refractivity contribution is 7.89. The molecule has 1 aliphatic heterocycles. The Morgan fingerprint density at radius 3 is 2.47 bits per heavy atom. The van der Waals surface area contributed by atoms with Crippen molar-refractivity contribution in [2.75, 3.05) is 18.8 Å². The lowest BCUT2D eigenvalue weighted by Crippen LogP contribution is -2.33. The van der Waals surface area contributed by atoms with Crippen LogP contribution in [0.15, 0.2) is 0 Å². The van der Waals surface area contributed by atoms with Gasteiger partial charge in [0.1, 0.15) is 0 Å². The van der Waals surface area contributed by atoms with E-state index in [1.54, 1.807) is 13.8 Å². The summed E-state index contributed by atoms with van der Waals surface area (Å²) < 4.78 is 24.2. The summed E-state index contributed by atoms with van der Waals surface area (Å²) in [7, 11) is -3.09. The second kappa shape index (κ2) is 4.09. The zero-order valence-corrected chi connectivity index (χ0v) is 9.88. The highest BCUT2D eigenvalue weighted by Gasteiger charge is 2.32. The van der Waals surface area contributed by atoms with E-state index in [0.717, 1.165) is 0 Å². The van der Waals surface area contributed by atoms with E-state index in [-0.39, 0.29) is 5.75 Å². The van der Waals surface area contributed by atoms with Crippen LogP contribution in [0.25, 0.3) is 0 Å². The lowest BCUT2D eigenvalue weighted by Gasteiger charge is -2.22. The molecule has 0 atom stereocenters. The number of nitrogens with zero attached hydrogens (tertiary/aromatic N) is 1. The van der Waals surface area contributed by atoms with Crippen molar-refractivity contribution in [1.82, 2.24) is 4.31 Å². The maximum atomic E-state index is 11.4. The van der Waals surface area contributed by atoms with Crippen LogP contribution >= 0.6 is 0 Å². The van der Waals surface area contributed by atoms with Crippen LogP contribution < -0.4 is 0 Å². The van der Waals surface area contributed by atoms with Gasteiger partial charge in [0, 0.05) is 13.1 Å². The van der Waals surface area contributed by atoms with Gasteiger partial charge in [-0.2, -0.15) is 0 Å². The molecular formula is C9H17NO4S. The molecule has 0 aromatic carbocycles.